The van der Waals surface area contributed by atoms with Gasteiger partial charge < -0.3 is 15.8 Å². The zero-order valence-electron chi connectivity index (χ0n) is 12.3. The Morgan fingerprint density at radius 1 is 1.58 bits per heavy atom. The quantitative estimate of drug-likeness (QED) is 0.779. The Morgan fingerprint density at radius 2 is 2.32 bits per heavy atom. The molecule has 19 heavy (non-hydrogen) atoms. The maximum Gasteiger partial charge on any atom is 0.237 e. The van der Waals surface area contributed by atoms with Crippen LogP contribution in [-0.2, 0) is 9.53 Å². The average Bonchev–Trinajstić information content (AvgIpc) is 2.84. The van der Waals surface area contributed by atoms with Crippen LogP contribution in [0.2, 0.25) is 0 Å². The van der Waals surface area contributed by atoms with Crippen LogP contribution in [-0.4, -0.2) is 54.7 Å². The van der Waals surface area contributed by atoms with E-state index in [4.69, 9.17) is 10.5 Å². The molecule has 0 radical (unpaired) electrons. The van der Waals surface area contributed by atoms with Crippen LogP contribution in [0.4, 0.5) is 0 Å². The van der Waals surface area contributed by atoms with E-state index in [0.717, 1.165) is 38.8 Å². The Hall–Kier alpha value is -0.650. The number of rotatable bonds is 4. The third-order valence-corrected chi connectivity index (χ3v) is 4.89. The minimum absolute atomic E-state index is 0.216. The number of nitrogens with two attached hydrogens (primary N) is 1. The number of ether oxygens (including phenoxy) is 1. The first-order valence-corrected chi connectivity index (χ1v) is 7.38. The van der Waals surface area contributed by atoms with Gasteiger partial charge >= 0.3 is 0 Å². The minimum atomic E-state index is -0.509. The van der Waals surface area contributed by atoms with Crippen LogP contribution < -0.4 is 11.1 Å². The van der Waals surface area contributed by atoms with Crippen LogP contribution in [0, 0.1) is 0 Å². The highest BCUT2D eigenvalue weighted by molar-refractivity contribution is 5.85. The zero-order valence-corrected chi connectivity index (χ0v) is 12.3. The second kappa shape index (κ2) is 5.77. The molecule has 0 bridgehead atoms. The fourth-order valence-corrected chi connectivity index (χ4v) is 3.55. The van der Waals surface area contributed by atoms with Gasteiger partial charge in [-0.15, -0.1) is 0 Å². The molecule has 2 aliphatic rings. The molecule has 1 saturated carbocycles. The van der Waals surface area contributed by atoms with Crippen molar-refractivity contribution in [3.05, 3.63) is 0 Å². The van der Waals surface area contributed by atoms with Gasteiger partial charge in [0.2, 0.25) is 5.91 Å². The number of hydrogen-bond donors (Lipinski definition) is 2. The minimum Gasteiger partial charge on any atom is -0.376 e. The van der Waals surface area contributed by atoms with Gasteiger partial charge in [0.1, 0.15) is 0 Å². The molecular formula is C14H27N3O2. The third-order valence-electron chi connectivity index (χ3n) is 4.89. The molecule has 1 heterocycles. The molecule has 0 aromatic carbocycles. The number of carbonyl (C=O) groups excluding carboxylic acids is 1. The summed E-state index contributed by atoms with van der Waals surface area (Å²) in [5.41, 5.74) is 5.08. The highest BCUT2D eigenvalue weighted by atomic mass is 16.5. The molecule has 2 fully saturated rings. The molecule has 3 N–H and O–H groups in total. The summed E-state index contributed by atoms with van der Waals surface area (Å²) in [6.07, 6.45) is 4.06. The third kappa shape index (κ3) is 2.78. The van der Waals surface area contributed by atoms with Gasteiger partial charge in [0.05, 0.1) is 18.2 Å². The normalized spacial score (nSPS) is 40.5. The number of morpholine rings is 1. The SMILES string of the molecule is CCC1COC(C)CN1C1CCC(NC)(C(N)=O)C1. The van der Waals surface area contributed by atoms with E-state index in [-0.39, 0.29) is 12.0 Å². The molecule has 5 nitrogen and oxygen atoms in total. The van der Waals surface area contributed by atoms with Crippen LogP contribution in [0.5, 0.6) is 0 Å². The maximum absolute atomic E-state index is 11.7. The molecule has 0 aromatic heterocycles. The van der Waals surface area contributed by atoms with Gasteiger partial charge in [-0.3, -0.25) is 9.69 Å². The molecule has 4 atom stereocenters. The van der Waals surface area contributed by atoms with Crippen molar-refractivity contribution in [1.29, 1.82) is 0 Å². The van der Waals surface area contributed by atoms with Crippen molar-refractivity contribution in [3.8, 4) is 0 Å². The van der Waals surface area contributed by atoms with Gasteiger partial charge in [-0.2, -0.15) is 0 Å². The van der Waals surface area contributed by atoms with Crippen LogP contribution in [0.3, 0.4) is 0 Å². The number of primary amides is 1. The molecule has 5 heteroatoms. The van der Waals surface area contributed by atoms with Crippen molar-refractivity contribution in [1.82, 2.24) is 10.2 Å². The predicted molar refractivity (Wildman–Crippen MR) is 74.8 cm³/mol. The topological polar surface area (TPSA) is 67.6 Å². The van der Waals surface area contributed by atoms with Gasteiger partial charge in [0.15, 0.2) is 0 Å². The summed E-state index contributed by atoms with van der Waals surface area (Å²) in [6.45, 7) is 6.08. The van der Waals surface area contributed by atoms with Crippen molar-refractivity contribution in [2.24, 2.45) is 5.73 Å². The molecular weight excluding hydrogens is 242 g/mol. The molecule has 4 unspecified atom stereocenters. The van der Waals surface area contributed by atoms with Crippen molar-refractivity contribution in [3.63, 3.8) is 0 Å². The maximum atomic E-state index is 11.7. The molecule has 1 aliphatic carbocycles. The van der Waals surface area contributed by atoms with E-state index < -0.39 is 5.54 Å². The zero-order chi connectivity index (χ0) is 14.0. The number of carbonyl (C=O) groups is 1. The summed E-state index contributed by atoms with van der Waals surface area (Å²) in [6, 6.07) is 0.915. The highest BCUT2D eigenvalue weighted by Gasteiger charge is 2.46. The molecule has 2 rings (SSSR count). The first kappa shape index (κ1) is 14.8. The van der Waals surface area contributed by atoms with Gasteiger partial charge in [0.25, 0.3) is 0 Å². The van der Waals surface area contributed by atoms with E-state index in [9.17, 15) is 4.79 Å². The predicted octanol–water partition coefficient (Wildman–Crippen LogP) is 0.482. The van der Waals surface area contributed by atoms with Gasteiger partial charge in [-0.1, -0.05) is 6.92 Å². The largest absolute Gasteiger partial charge is 0.376 e. The molecule has 1 saturated heterocycles. The number of nitrogens with zero attached hydrogens (tertiary/aromatic N) is 1. The van der Waals surface area contributed by atoms with E-state index in [1.807, 2.05) is 7.05 Å². The summed E-state index contributed by atoms with van der Waals surface area (Å²) in [5, 5.41) is 3.16. The lowest BCUT2D eigenvalue weighted by atomic mass is 9.96. The molecule has 0 aromatic rings. The van der Waals surface area contributed by atoms with Crippen LogP contribution in [0.15, 0.2) is 0 Å². The second-order valence-corrected chi connectivity index (χ2v) is 6.00. The van der Waals surface area contributed by atoms with Crippen LogP contribution >= 0.6 is 0 Å². The summed E-state index contributed by atoms with van der Waals surface area (Å²) in [4.78, 5) is 14.3. The van der Waals surface area contributed by atoms with Gasteiger partial charge in [-0.05, 0) is 39.7 Å². The summed E-state index contributed by atoms with van der Waals surface area (Å²) < 4.78 is 5.75. The fraction of sp³-hybridized carbons (Fsp3) is 0.929. The monoisotopic (exact) mass is 269 g/mol. The van der Waals surface area contributed by atoms with E-state index in [0.29, 0.717) is 12.1 Å². The lowest BCUT2D eigenvalue weighted by Crippen LogP contribution is -2.56. The Labute approximate surface area is 115 Å². The highest BCUT2D eigenvalue weighted by Crippen LogP contribution is 2.35. The second-order valence-electron chi connectivity index (χ2n) is 6.00. The lowest BCUT2D eigenvalue weighted by Gasteiger charge is -2.42. The smallest absolute Gasteiger partial charge is 0.237 e. The van der Waals surface area contributed by atoms with Gasteiger partial charge in [0, 0.05) is 18.6 Å². The average molecular weight is 269 g/mol. The molecule has 1 aliphatic heterocycles. The van der Waals surface area contributed by atoms with E-state index in [1.165, 1.54) is 0 Å². The van der Waals surface area contributed by atoms with Crippen LogP contribution in [0.25, 0.3) is 0 Å². The van der Waals surface area contributed by atoms with E-state index in [2.05, 4.69) is 24.1 Å². The summed E-state index contributed by atoms with van der Waals surface area (Å²) >= 11 is 0. The number of amides is 1. The number of likely N-dealkylation sites (N-methyl/N-ethyl adjacent to an activating group) is 1. The number of nitrogens with one attached hydrogen (secondary N) is 1. The standard InChI is InChI=1S/C14H27N3O2/c1-4-11-9-19-10(2)8-17(11)12-5-6-14(7-12,16-3)13(15)18/h10-12,16H,4-9H2,1-3H3,(H2,15,18). The fourth-order valence-electron chi connectivity index (χ4n) is 3.55. The van der Waals surface area contributed by atoms with E-state index >= 15 is 0 Å². The van der Waals surface area contributed by atoms with Crippen molar-refractivity contribution < 1.29 is 9.53 Å². The first-order chi connectivity index (χ1) is 9.02. The van der Waals surface area contributed by atoms with Crippen LogP contribution in [0.1, 0.15) is 39.5 Å². The first-order valence-electron chi connectivity index (χ1n) is 7.38. The van der Waals surface area contributed by atoms with Gasteiger partial charge in [-0.25, -0.2) is 0 Å². The molecule has 1 amide bonds. The Bertz CT molecular complexity index is 337. The molecule has 0 spiro atoms. The Kier molecular flexibility index (Phi) is 4.48. The molecule has 110 valence electrons. The van der Waals surface area contributed by atoms with Crippen molar-refractivity contribution in [2.75, 3.05) is 20.2 Å². The van der Waals surface area contributed by atoms with E-state index in [1.54, 1.807) is 0 Å². The lowest BCUT2D eigenvalue weighted by molar-refractivity contribution is -0.124. The Balaban J connectivity index is 2.08. The van der Waals surface area contributed by atoms with Crippen molar-refractivity contribution >= 4 is 5.91 Å². The summed E-state index contributed by atoms with van der Waals surface area (Å²) in [5.74, 6) is -0.216. The number of hydrogen-bond acceptors (Lipinski definition) is 4. The summed E-state index contributed by atoms with van der Waals surface area (Å²) in [7, 11) is 1.84. The Morgan fingerprint density at radius 3 is 2.84 bits per heavy atom. The van der Waals surface area contributed by atoms with Crippen molar-refractivity contribution in [2.45, 2.75) is 63.3 Å².